The van der Waals surface area contributed by atoms with E-state index in [1.807, 2.05) is 5.38 Å². The SMILES string of the molecule is COC(=O)Nc1nc2scc(-c3ccc(Cl)cc3Cl)n2n1. The van der Waals surface area contributed by atoms with Gasteiger partial charge in [-0.3, -0.25) is 5.32 Å². The second-order valence-electron chi connectivity index (χ2n) is 3.99. The van der Waals surface area contributed by atoms with E-state index in [1.165, 1.54) is 18.4 Å². The van der Waals surface area contributed by atoms with Crippen molar-refractivity contribution in [1.29, 1.82) is 0 Å². The largest absolute Gasteiger partial charge is 0.453 e. The number of hydrogen-bond donors (Lipinski definition) is 1. The van der Waals surface area contributed by atoms with Crippen LogP contribution in [0.15, 0.2) is 23.6 Å². The third-order valence-corrected chi connectivity index (χ3v) is 4.05. The number of anilines is 1. The average molecular weight is 343 g/mol. The molecule has 0 radical (unpaired) electrons. The van der Waals surface area contributed by atoms with Gasteiger partial charge in [0.05, 0.1) is 17.8 Å². The Morgan fingerprint density at radius 3 is 2.95 bits per heavy atom. The maximum Gasteiger partial charge on any atom is 0.413 e. The number of thiazole rings is 1. The summed E-state index contributed by atoms with van der Waals surface area (Å²) in [5.41, 5.74) is 1.55. The number of hydrogen-bond acceptors (Lipinski definition) is 5. The van der Waals surface area contributed by atoms with Crippen LogP contribution in [0.2, 0.25) is 10.0 Å². The quantitative estimate of drug-likeness (QED) is 0.765. The molecular formula is C12H8Cl2N4O2S. The molecule has 0 unspecified atom stereocenters. The molecule has 0 spiro atoms. The Labute approximate surface area is 133 Å². The monoisotopic (exact) mass is 342 g/mol. The van der Waals surface area contributed by atoms with Crippen LogP contribution in [0, 0.1) is 0 Å². The Balaban J connectivity index is 2.05. The topological polar surface area (TPSA) is 68.5 Å². The second-order valence-corrected chi connectivity index (χ2v) is 5.67. The van der Waals surface area contributed by atoms with Crippen molar-refractivity contribution in [2.45, 2.75) is 0 Å². The van der Waals surface area contributed by atoms with Crippen molar-refractivity contribution in [3.05, 3.63) is 33.6 Å². The number of ether oxygens (including phenoxy) is 1. The van der Waals surface area contributed by atoms with Gasteiger partial charge in [-0.15, -0.1) is 16.4 Å². The molecule has 0 saturated heterocycles. The number of carbonyl (C=O) groups is 1. The van der Waals surface area contributed by atoms with E-state index in [0.29, 0.717) is 15.0 Å². The highest BCUT2D eigenvalue weighted by molar-refractivity contribution is 7.15. The van der Waals surface area contributed by atoms with E-state index in [2.05, 4.69) is 20.1 Å². The highest BCUT2D eigenvalue weighted by Crippen LogP contribution is 2.32. The molecule has 0 fully saturated rings. The first-order valence-electron chi connectivity index (χ1n) is 5.73. The van der Waals surface area contributed by atoms with Gasteiger partial charge < -0.3 is 4.74 Å². The normalized spacial score (nSPS) is 10.8. The van der Waals surface area contributed by atoms with Gasteiger partial charge in [-0.05, 0) is 18.2 Å². The number of carbonyl (C=O) groups excluding carboxylic acids is 1. The summed E-state index contributed by atoms with van der Waals surface area (Å²) in [7, 11) is 1.27. The van der Waals surface area contributed by atoms with Gasteiger partial charge in [-0.25, -0.2) is 9.31 Å². The molecule has 9 heteroatoms. The summed E-state index contributed by atoms with van der Waals surface area (Å²) in [5, 5.41) is 9.58. The first-order valence-corrected chi connectivity index (χ1v) is 7.36. The van der Waals surface area contributed by atoms with Gasteiger partial charge in [0.1, 0.15) is 0 Å². The molecule has 2 heterocycles. The maximum atomic E-state index is 11.2. The number of aromatic nitrogens is 3. The summed E-state index contributed by atoms with van der Waals surface area (Å²) < 4.78 is 6.10. The van der Waals surface area contributed by atoms with E-state index in [9.17, 15) is 4.79 Å². The zero-order chi connectivity index (χ0) is 15.0. The first kappa shape index (κ1) is 14.1. The molecule has 6 nitrogen and oxygen atoms in total. The molecule has 0 atom stereocenters. The fraction of sp³-hybridized carbons (Fsp3) is 0.0833. The molecule has 1 N–H and O–H groups in total. The van der Waals surface area contributed by atoms with Gasteiger partial charge in [0.15, 0.2) is 0 Å². The fourth-order valence-corrected chi connectivity index (χ4v) is 3.09. The number of rotatable bonds is 2. The highest BCUT2D eigenvalue weighted by atomic mass is 35.5. The van der Waals surface area contributed by atoms with Crippen molar-refractivity contribution in [2.24, 2.45) is 0 Å². The number of halogens is 2. The summed E-state index contributed by atoms with van der Waals surface area (Å²) in [6.45, 7) is 0. The Hall–Kier alpha value is -1.83. The van der Waals surface area contributed by atoms with Crippen molar-refractivity contribution >= 4 is 51.5 Å². The molecule has 21 heavy (non-hydrogen) atoms. The second kappa shape index (κ2) is 5.51. The molecule has 2 aromatic heterocycles. The van der Waals surface area contributed by atoms with Gasteiger partial charge >= 0.3 is 6.09 Å². The lowest BCUT2D eigenvalue weighted by molar-refractivity contribution is 0.186. The molecule has 0 aliphatic rings. The number of methoxy groups -OCH3 is 1. The van der Waals surface area contributed by atoms with Crippen LogP contribution in [0.4, 0.5) is 10.7 Å². The number of amides is 1. The van der Waals surface area contributed by atoms with E-state index in [-0.39, 0.29) is 5.95 Å². The highest BCUT2D eigenvalue weighted by Gasteiger charge is 2.15. The summed E-state index contributed by atoms with van der Waals surface area (Å²) >= 11 is 13.5. The molecule has 0 bridgehead atoms. The third-order valence-electron chi connectivity index (χ3n) is 2.69. The Morgan fingerprint density at radius 1 is 1.43 bits per heavy atom. The van der Waals surface area contributed by atoms with Gasteiger partial charge in [0.25, 0.3) is 5.95 Å². The summed E-state index contributed by atoms with van der Waals surface area (Å²) in [6, 6.07) is 5.21. The van der Waals surface area contributed by atoms with Crippen LogP contribution in [0.25, 0.3) is 16.2 Å². The lowest BCUT2D eigenvalue weighted by Gasteiger charge is -2.02. The maximum absolute atomic E-state index is 11.2. The van der Waals surface area contributed by atoms with Gasteiger partial charge in [0.2, 0.25) is 4.96 Å². The van der Waals surface area contributed by atoms with Crippen LogP contribution in [0.5, 0.6) is 0 Å². The fourth-order valence-electron chi connectivity index (χ4n) is 1.76. The zero-order valence-electron chi connectivity index (χ0n) is 10.6. The molecule has 3 aromatic rings. The van der Waals surface area contributed by atoms with Gasteiger partial charge in [-0.2, -0.15) is 4.98 Å². The van der Waals surface area contributed by atoms with Crippen molar-refractivity contribution in [3.8, 4) is 11.3 Å². The minimum Gasteiger partial charge on any atom is -0.453 e. The minimum absolute atomic E-state index is 0.167. The van der Waals surface area contributed by atoms with E-state index >= 15 is 0 Å². The molecular weight excluding hydrogens is 335 g/mol. The van der Waals surface area contributed by atoms with E-state index in [1.54, 1.807) is 22.7 Å². The minimum atomic E-state index is -0.626. The lowest BCUT2D eigenvalue weighted by atomic mass is 10.2. The Kier molecular flexibility index (Phi) is 3.71. The predicted molar refractivity (Wildman–Crippen MR) is 82.3 cm³/mol. The molecule has 108 valence electrons. The van der Waals surface area contributed by atoms with Crippen molar-refractivity contribution in [2.75, 3.05) is 12.4 Å². The van der Waals surface area contributed by atoms with Crippen molar-refractivity contribution in [3.63, 3.8) is 0 Å². The van der Waals surface area contributed by atoms with Crippen LogP contribution in [0.3, 0.4) is 0 Å². The van der Waals surface area contributed by atoms with E-state index < -0.39 is 6.09 Å². The first-order chi connectivity index (χ1) is 10.1. The Morgan fingerprint density at radius 2 is 2.24 bits per heavy atom. The van der Waals surface area contributed by atoms with E-state index in [0.717, 1.165) is 11.3 Å². The molecule has 3 rings (SSSR count). The summed E-state index contributed by atoms with van der Waals surface area (Å²) in [4.78, 5) is 16.0. The summed E-state index contributed by atoms with van der Waals surface area (Å²) in [5.74, 6) is 0.167. The van der Waals surface area contributed by atoms with Crippen LogP contribution in [-0.2, 0) is 4.74 Å². The number of nitrogens with one attached hydrogen (secondary N) is 1. The third kappa shape index (κ3) is 2.67. The lowest BCUT2D eigenvalue weighted by Crippen LogP contribution is -2.12. The van der Waals surface area contributed by atoms with Crippen LogP contribution in [0.1, 0.15) is 0 Å². The number of benzene rings is 1. The average Bonchev–Trinajstić information content (AvgIpc) is 2.99. The van der Waals surface area contributed by atoms with Crippen LogP contribution in [-0.4, -0.2) is 27.8 Å². The van der Waals surface area contributed by atoms with Crippen LogP contribution < -0.4 is 5.32 Å². The van der Waals surface area contributed by atoms with Crippen LogP contribution >= 0.6 is 34.5 Å². The van der Waals surface area contributed by atoms with Gasteiger partial charge in [-0.1, -0.05) is 23.2 Å². The number of nitrogens with zero attached hydrogens (tertiary/aromatic N) is 3. The standard InChI is InChI=1S/C12H8Cl2N4O2S/c1-20-12(19)16-10-15-11-18(17-10)9(5-21-11)7-3-2-6(13)4-8(7)14/h2-5H,1H3,(H,16,17,19). The summed E-state index contributed by atoms with van der Waals surface area (Å²) in [6.07, 6.45) is -0.626. The van der Waals surface area contributed by atoms with Crippen molar-refractivity contribution < 1.29 is 9.53 Å². The zero-order valence-corrected chi connectivity index (χ0v) is 13.0. The molecule has 0 saturated carbocycles. The number of fused-ring (bicyclic) bond motifs is 1. The van der Waals surface area contributed by atoms with Gasteiger partial charge in [0, 0.05) is 16.0 Å². The Bertz CT molecular complexity index is 830. The molecule has 0 aliphatic heterocycles. The smallest absolute Gasteiger partial charge is 0.413 e. The molecule has 1 aromatic carbocycles. The predicted octanol–water partition coefficient (Wildman–Crippen LogP) is 3.94. The van der Waals surface area contributed by atoms with E-state index in [4.69, 9.17) is 23.2 Å². The van der Waals surface area contributed by atoms with Crippen molar-refractivity contribution in [1.82, 2.24) is 14.6 Å². The molecule has 1 amide bonds. The molecule has 0 aliphatic carbocycles.